The lowest BCUT2D eigenvalue weighted by atomic mass is 10.1. The first-order chi connectivity index (χ1) is 9.93. The summed E-state index contributed by atoms with van der Waals surface area (Å²) in [5, 5.41) is 0.206. The molecule has 1 aliphatic heterocycles. The Kier molecular flexibility index (Phi) is 5.60. The van der Waals surface area contributed by atoms with E-state index in [1.54, 1.807) is 6.07 Å². The van der Waals surface area contributed by atoms with Crippen LogP contribution in [0.4, 0.5) is 0 Å². The number of hydrogen-bond acceptors (Lipinski definition) is 3. The quantitative estimate of drug-likeness (QED) is 0.855. The zero-order chi connectivity index (χ0) is 15.5. The van der Waals surface area contributed by atoms with E-state index in [-0.39, 0.29) is 14.9 Å². The zero-order valence-corrected chi connectivity index (χ0v) is 14.1. The van der Waals surface area contributed by atoms with Crippen LogP contribution in [0, 0.1) is 0 Å². The largest absolute Gasteiger partial charge is 0.389 e. The number of benzene rings is 1. The van der Waals surface area contributed by atoms with Crippen molar-refractivity contribution in [1.29, 1.82) is 0 Å². The van der Waals surface area contributed by atoms with Gasteiger partial charge in [0.1, 0.15) is 9.88 Å². The minimum absolute atomic E-state index is 0.0926. The van der Waals surface area contributed by atoms with Crippen LogP contribution in [-0.2, 0) is 10.0 Å². The molecule has 0 radical (unpaired) electrons. The van der Waals surface area contributed by atoms with Crippen molar-refractivity contribution in [1.82, 2.24) is 4.31 Å². The fourth-order valence-electron chi connectivity index (χ4n) is 2.45. The van der Waals surface area contributed by atoms with Gasteiger partial charge in [-0.05, 0) is 25.0 Å². The van der Waals surface area contributed by atoms with Crippen molar-refractivity contribution >= 4 is 38.8 Å². The van der Waals surface area contributed by atoms with Crippen molar-refractivity contribution in [3.8, 4) is 0 Å². The molecule has 116 valence electrons. The van der Waals surface area contributed by atoms with E-state index in [1.807, 2.05) is 0 Å². The standard InChI is InChI=1S/C14H19ClN2O2S2/c15-12-7-6-11(14(16)20)10-13(12)21(18,19)17-8-4-2-1-3-5-9-17/h6-7,10H,1-5,8-9H2,(H2,16,20). The van der Waals surface area contributed by atoms with Crippen molar-refractivity contribution in [2.24, 2.45) is 5.73 Å². The van der Waals surface area contributed by atoms with Crippen LogP contribution in [0.1, 0.15) is 37.7 Å². The minimum atomic E-state index is -3.60. The second-order valence-corrected chi connectivity index (χ2v) is 7.93. The predicted octanol–water partition coefficient (Wildman–Crippen LogP) is 2.93. The Morgan fingerprint density at radius 3 is 2.29 bits per heavy atom. The van der Waals surface area contributed by atoms with E-state index >= 15 is 0 Å². The predicted molar refractivity (Wildman–Crippen MR) is 89.2 cm³/mol. The molecule has 7 heteroatoms. The average Bonchev–Trinajstić information content (AvgIpc) is 2.37. The maximum atomic E-state index is 12.8. The van der Waals surface area contributed by atoms with Gasteiger partial charge in [-0.15, -0.1) is 0 Å². The highest BCUT2D eigenvalue weighted by atomic mass is 35.5. The average molecular weight is 347 g/mol. The van der Waals surface area contributed by atoms with Crippen LogP contribution in [0.25, 0.3) is 0 Å². The Morgan fingerprint density at radius 1 is 1.14 bits per heavy atom. The molecule has 2 N–H and O–H groups in total. The summed E-state index contributed by atoms with van der Waals surface area (Å²) in [7, 11) is -3.60. The summed E-state index contributed by atoms with van der Waals surface area (Å²) in [4.78, 5) is 0.255. The van der Waals surface area contributed by atoms with E-state index in [1.165, 1.54) is 22.9 Å². The summed E-state index contributed by atoms with van der Waals surface area (Å²) >= 11 is 11.0. The lowest BCUT2D eigenvalue weighted by Gasteiger charge is -2.24. The van der Waals surface area contributed by atoms with Gasteiger partial charge < -0.3 is 5.73 Å². The molecule has 0 bridgehead atoms. The maximum Gasteiger partial charge on any atom is 0.244 e. The van der Waals surface area contributed by atoms with Gasteiger partial charge in [-0.1, -0.05) is 49.1 Å². The van der Waals surface area contributed by atoms with Gasteiger partial charge in [-0.3, -0.25) is 0 Å². The molecule has 0 aromatic heterocycles. The second-order valence-electron chi connectivity index (χ2n) is 5.18. The first-order valence-electron chi connectivity index (χ1n) is 7.02. The first-order valence-corrected chi connectivity index (χ1v) is 9.25. The number of rotatable bonds is 3. The van der Waals surface area contributed by atoms with Crippen LogP contribution in [0.2, 0.25) is 5.02 Å². The molecular formula is C14H19ClN2O2S2. The normalized spacial score (nSPS) is 18.0. The molecule has 0 saturated carbocycles. The van der Waals surface area contributed by atoms with Crippen LogP contribution in [0.15, 0.2) is 23.1 Å². The van der Waals surface area contributed by atoms with Crippen molar-refractivity contribution in [2.45, 2.75) is 37.0 Å². The van der Waals surface area contributed by atoms with E-state index < -0.39 is 10.0 Å². The summed E-state index contributed by atoms with van der Waals surface area (Å²) in [5.74, 6) is 0. The number of nitrogens with zero attached hydrogens (tertiary/aromatic N) is 1. The third kappa shape index (κ3) is 3.94. The van der Waals surface area contributed by atoms with Gasteiger partial charge in [0.05, 0.1) is 5.02 Å². The SMILES string of the molecule is NC(=S)c1ccc(Cl)c(S(=O)(=O)N2CCCCCCC2)c1. The van der Waals surface area contributed by atoms with Gasteiger partial charge in [0.15, 0.2) is 0 Å². The fourth-order valence-corrected chi connectivity index (χ4v) is 4.60. The van der Waals surface area contributed by atoms with Crippen molar-refractivity contribution in [2.75, 3.05) is 13.1 Å². The van der Waals surface area contributed by atoms with Crippen LogP contribution >= 0.6 is 23.8 Å². The second kappa shape index (κ2) is 7.05. The molecule has 0 aliphatic carbocycles. The van der Waals surface area contributed by atoms with Gasteiger partial charge in [0.25, 0.3) is 0 Å². The molecule has 0 amide bonds. The lowest BCUT2D eigenvalue weighted by molar-refractivity contribution is 0.364. The fraction of sp³-hybridized carbons (Fsp3) is 0.500. The molecular weight excluding hydrogens is 328 g/mol. The highest BCUT2D eigenvalue weighted by molar-refractivity contribution is 7.89. The van der Waals surface area contributed by atoms with E-state index in [0.29, 0.717) is 18.7 Å². The molecule has 2 rings (SSSR count). The number of thiocarbonyl (C=S) groups is 1. The summed E-state index contributed by atoms with van der Waals surface area (Å²) in [6.45, 7) is 1.08. The molecule has 1 fully saturated rings. The summed E-state index contributed by atoms with van der Waals surface area (Å²) in [5.41, 5.74) is 6.09. The van der Waals surface area contributed by atoms with Crippen LogP contribution < -0.4 is 5.73 Å². The van der Waals surface area contributed by atoms with Crippen LogP contribution in [0.3, 0.4) is 0 Å². The molecule has 4 nitrogen and oxygen atoms in total. The van der Waals surface area contributed by atoms with Crippen molar-refractivity contribution in [3.63, 3.8) is 0 Å². The molecule has 1 aromatic carbocycles. The summed E-state index contributed by atoms with van der Waals surface area (Å²) < 4.78 is 27.1. The summed E-state index contributed by atoms with van der Waals surface area (Å²) in [6.07, 6.45) is 5.06. The number of sulfonamides is 1. The molecule has 0 spiro atoms. The highest BCUT2D eigenvalue weighted by Crippen LogP contribution is 2.27. The number of nitrogens with two attached hydrogens (primary N) is 1. The Balaban J connectivity index is 2.37. The third-order valence-corrected chi connectivity index (χ3v) is 6.26. The topological polar surface area (TPSA) is 63.4 Å². The summed E-state index contributed by atoms with van der Waals surface area (Å²) in [6, 6.07) is 4.64. The molecule has 1 aromatic rings. The van der Waals surface area contributed by atoms with E-state index in [4.69, 9.17) is 29.6 Å². The third-order valence-electron chi connectivity index (χ3n) is 3.65. The minimum Gasteiger partial charge on any atom is -0.389 e. The van der Waals surface area contributed by atoms with Crippen molar-refractivity contribution in [3.05, 3.63) is 28.8 Å². The van der Waals surface area contributed by atoms with Gasteiger partial charge in [-0.2, -0.15) is 4.31 Å². The Bertz CT molecular complexity index is 624. The Labute approximate surface area is 136 Å². The van der Waals surface area contributed by atoms with Gasteiger partial charge in [0.2, 0.25) is 10.0 Å². The van der Waals surface area contributed by atoms with Gasteiger partial charge in [0, 0.05) is 18.7 Å². The van der Waals surface area contributed by atoms with Crippen LogP contribution in [0.5, 0.6) is 0 Å². The molecule has 0 unspecified atom stereocenters. The monoisotopic (exact) mass is 346 g/mol. The van der Waals surface area contributed by atoms with E-state index in [9.17, 15) is 8.42 Å². The Hall–Kier alpha value is -0.690. The molecule has 1 saturated heterocycles. The van der Waals surface area contributed by atoms with Gasteiger partial charge >= 0.3 is 0 Å². The maximum absolute atomic E-state index is 12.8. The molecule has 1 aliphatic rings. The van der Waals surface area contributed by atoms with Crippen molar-refractivity contribution < 1.29 is 8.42 Å². The van der Waals surface area contributed by atoms with E-state index in [0.717, 1.165) is 25.7 Å². The first kappa shape index (κ1) is 16.7. The van der Waals surface area contributed by atoms with Gasteiger partial charge in [-0.25, -0.2) is 8.42 Å². The lowest BCUT2D eigenvalue weighted by Crippen LogP contribution is -2.34. The molecule has 0 atom stereocenters. The van der Waals surface area contributed by atoms with E-state index in [2.05, 4.69) is 0 Å². The zero-order valence-electron chi connectivity index (χ0n) is 11.7. The smallest absolute Gasteiger partial charge is 0.244 e. The van der Waals surface area contributed by atoms with Crippen LogP contribution in [-0.4, -0.2) is 30.8 Å². The highest BCUT2D eigenvalue weighted by Gasteiger charge is 2.27. The molecule has 1 heterocycles. The molecule has 21 heavy (non-hydrogen) atoms. The Morgan fingerprint density at radius 2 is 1.71 bits per heavy atom. The number of hydrogen-bond donors (Lipinski definition) is 1. The number of halogens is 1.